The van der Waals surface area contributed by atoms with Gasteiger partial charge in [-0.25, -0.2) is 0 Å². The maximum absolute atomic E-state index is 9.43. The first kappa shape index (κ1) is 7.03. The van der Waals surface area contributed by atoms with Crippen LogP contribution >= 0.6 is 0 Å². The molecule has 0 bridgehead atoms. The van der Waals surface area contributed by atoms with Crippen LogP contribution in [0.2, 0.25) is 0 Å². The Morgan fingerprint density at radius 1 is 1.67 bits per heavy atom. The molecule has 0 aromatic carbocycles. The van der Waals surface area contributed by atoms with Crippen LogP contribution in [0.15, 0.2) is 0 Å². The highest BCUT2D eigenvalue weighted by Gasteiger charge is 2.25. The Morgan fingerprint density at radius 3 is 2.67 bits per heavy atom. The number of aliphatic hydroxyl groups is 1. The molecule has 2 atom stereocenters. The van der Waals surface area contributed by atoms with Crippen molar-refractivity contribution in [1.29, 1.82) is 0 Å². The van der Waals surface area contributed by atoms with Crippen LogP contribution in [0.25, 0.3) is 0 Å². The molecule has 0 aromatic heterocycles. The summed E-state index contributed by atoms with van der Waals surface area (Å²) in [4.78, 5) is 0. The molecule has 2 unspecified atom stereocenters. The van der Waals surface area contributed by atoms with Crippen molar-refractivity contribution in [3.05, 3.63) is 0 Å². The zero-order valence-corrected chi connectivity index (χ0v) is 6.15. The van der Waals surface area contributed by atoms with Gasteiger partial charge in [0.25, 0.3) is 0 Å². The molecule has 1 heterocycles. The van der Waals surface area contributed by atoms with E-state index in [1.54, 1.807) is 0 Å². The molecule has 1 aliphatic rings. The highest BCUT2D eigenvalue weighted by atomic mass is 16.3. The van der Waals surface area contributed by atoms with Crippen LogP contribution in [0.3, 0.4) is 0 Å². The third kappa shape index (κ3) is 1.95. The van der Waals surface area contributed by atoms with E-state index in [0.29, 0.717) is 6.04 Å². The van der Waals surface area contributed by atoms with Gasteiger partial charge in [0, 0.05) is 6.04 Å². The number of hydrogen-bond acceptors (Lipinski definition) is 2. The summed E-state index contributed by atoms with van der Waals surface area (Å²) in [6, 6.07) is 0.480. The van der Waals surface area contributed by atoms with Crippen LogP contribution < -0.4 is 5.32 Å². The predicted molar refractivity (Wildman–Crippen MR) is 37.1 cm³/mol. The number of piperidine rings is 1. The Morgan fingerprint density at radius 2 is 2.33 bits per heavy atom. The lowest BCUT2D eigenvalue weighted by Crippen LogP contribution is -2.50. The van der Waals surface area contributed by atoms with Gasteiger partial charge in [0.1, 0.15) is 5.72 Å². The average Bonchev–Trinajstić information content (AvgIpc) is 1.60. The van der Waals surface area contributed by atoms with Gasteiger partial charge >= 0.3 is 0 Å². The number of rotatable bonds is 0. The maximum atomic E-state index is 9.43. The first-order valence-corrected chi connectivity index (χ1v) is 3.60. The van der Waals surface area contributed by atoms with E-state index >= 15 is 0 Å². The van der Waals surface area contributed by atoms with Crippen molar-refractivity contribution in [3.63, 3.8) is 0 Å². The largest absolute Gasteiger partial charge is 0.376 e. The van der Waals surface area contributed by atoms with Gasteiger partial charge in [-0.15, -0.1) is 0 Å². The van der Waals surface area contributed by atoms with E-state index in [1.165, 1.54) is 6.42 Å². The first-order valence-electron chi connectivity index (χ1n) is 3.60. The normalized spacial score (nSPS) is 45.0. The minimum atomic E-state index is -0.600. The molecule has 54 valence electrons. The number of nitrogens with one attached hydrogen (secondary N) is 1. The topological polar surface area (TPSA) is 32.3 Å². The van der Waals surface area contributed by atoms with Crippen molar-refractivity contribution < 1.29 is 5.11 Å². The van der Waals surface area contributed by atoms with Gasteiger partial charge in [-0.3, -0.25) is 5.32 Å². The van der Waals surface area contributed by atoms with Crippen LogP contribution in [0.1, 0.15) is 33.1 Å². The van der Waals surface area contributed by atoms with Crippen LogP contribution in [-0.2, 0) is 0 Å². The van der Waals surface area contributed by atoms with Gasteiger partial charge in [-0.1, -0.05) is 0 Å². The fourth-order valence-corrected chi connectivity index (χ4v) is 1.43. The summed E-state index contributed by atoms with van der Waals surface area (Å²) in [7, 11) is 0. The number of hydrogen-bond donors (Lipinski definition) is 2. The van der Waals surface area contributed by atoms with Gasteiger partial charge in [0.05, 0.1) is 0 Å². The van der Waals surface area contributed by atoms with Crippen LogP contribution in [0.5, 0.6) is 0 Å². The smallest absolute Gasteiger partial charge is 0.113 e. The fraction of sp³-hybridized carbons (Fsp3) is 1.00. The molecule has 9 heavy (non-hydrogen) atoms. The summed E-state index contributed by atoms with van der Waals surface area (Å²) in [6.07, 6.45) is 3.22. The molecule has 2 N–H and O–H groups in total. The van der Waals surface area contributed by atoms with Crippen molar-refractivity contribution in [1.82, 2.24) is 5.32 Å². The predicted octanol–water partition coefficient (Wildman–Crippen LogP) is 0.857. The Labute approximate surface area is 56.3 Å². The zero-order chi connectivity index (χ0) is 6.91. The molecule has 1 saturated heterocycles. The van der Waals surface area contributed by atoms with E-state index in [2.05, 4.69) is 12.2 Å². The van der Waals surface area contributed by atoms with E-state index in [1.807, 2.05) is 6.92 Å². The van der Waals surface area contributed by atoms with Gasteiger partial charge < -0.3 is 5.11 Å². The van der Waals surface area contributed by atoms with E-state index < -0.39 is 5.72 Å². The van der Waals surface area contributed by atoms with Crippen molar-refractivity contribution in [2.24, 2.45) is 0 Å². The molecule has 2 nitrogen and oxygen atoms in total. The lowest BCUT2D eigenvalue weighted by molar-refractivity contribution is -0.0145. The van der Waals surface area contributed by atoms with Crippen LogP contribution in [0, 0.1) is 0 Å². The summed E-state index contributed by atoms with van der Waals surface area (Å²) >= 11 is 0. The molecule has 0 aliphatic carbocycles. The highest BCUT2D eigenvalue weighted by Crippen LogP contribution is 2.18. The molecule has 1 aliphatic heterocycles. The molecular weight excluding hydrogens is 114 g/mol. The molecule has 1 rings (SSSR count). The Balaban J connectivity index is 2.41. The minimum absolute atomic E-state index is 0.480. The highest BCUT2D eigenvalue weighted by molar-refractivity contribution is 4.79. The molecule has 0 spiro atoms. The standard InChI is InChI=1S/C7H15NO/c1-6-4-3-5-7(2,9)8-6/h6,8-9H,3-5H2,1-2H3. The van der Waals surface area contributed by atoms with Crippen LogP contribution in [-0.4, -0.2) is 16.9 Å². The maximum Gasteiger partial charge on any atom is 0.113 e. The summed E-state index contributed by atoms with van der Waals surface area (Å²) in [6.45, 7) is 3.94. The van der Waals surface area contributed by atoms with Gasteiger partial charge in [0.2, 0.25) is 0 Å². The van der Waals surface area contributed by atoms with Gasteiger partial charge in [-0.05, 0) is 33.1 Å². The first-order chi connectivity index (χ1) is 4.10. The third-order valence-corrected chi connectivity index (χ3v) is 1.86. The van der Waals surface area contributed by atoms with Crippen molar-refractivity contribution in [2.45, 2.75) is 44.9 Å². The Hall–Kier alpha value is -0.0800. The monoisotopic (exact) mass is 129 g/mol. The molecule has 0 amide bonds. The van der Waals surface area contributed by atoms with Crippen molar-refractivity contribution >= 4 is 0 Å². The lowest BCUT2D eigenvalue weighted by Gasteiger charge is -2.33. The lowest BCUT2D eigenvalue weighted by atomic mass is 9.98. The second kappa shape index (κ2) is 2.27. The van der Waals surface area contributed by atoms with Gasteiger partial charge in [-0.2, -0.15) is 0 Å². The zero-order valence-electron chi connectivity index (χ0n) is 6.15. The third-order valence-electron chi connectivity index (χ3n) is 1.86. The fourth-order valence-electron chi connectivity index (χ4n) is 1.43. The molecule has 1 fully saturated rings. The molecular formula is C7H15NO. The quantitative estimate of drug-likeness (QED) is 0.508. The van der Waals surface area contributed by atoms with Crippen molar-refractivity contribution in [2.75, 3.05) is 0 Å². The minimum Gasteiger partial charge on any atom is -0.376 e. The molecule has 0 saturated carbocycles. The second-order valence-electron chi connectivity index (χ2n) is 3.21. The van der Waals surface area contributed by atoms with Crippen molar-refractivity contribution in [3.8, 4) is 0 Å². The van der Waals surface area contributed by atoms with Gasteiger partial charge in [0.15, 0.2) is 0 Å². The molecule has 2 heteroatoms. The second-order valence-corrected chi connectivity index (χ2v) is 3.21. The Bertz CT molecular complexity index is 101. The summed E-state index contributed by atoms with van der Waals surface area (Å²) in [5.74, 6) is 0. The van der Waals surface area contributed by atoms with E-state index in [0.717, 1.165) is 12.8 Å². The summed E-state index contributed by atoms with van der Waals surface area (Å²) in [5, 5.41) is 12.5. The Kier molecular flexibility index (Phi) is 1.78. The average molecular weight is 129 g/mol. The SMILES string of the molecule is CC1CCCC(C)(O)N1. The summed E-state index contributed by atoms with van der Waals surface area (Å²) < 4.78 is 0. The summed E-state index contributed by atoms with van der Waals surface area (Å²) in [5.41, 5.74) is -0.600. The van der Waals surface area contributed by atoms with E-state index in [-0.39, 0.29) is 0 Å². The van der Waals surface area contributed by atoms with Crippen LogP contribution in [0.4, 0.5) is 0 Å². The van der Waals surface area contributed by atoms with E-state index in [4.69, 9.17) is 0 Å². The van der Waals surface area contributed by atoms with E-state index in [9.17, 15) is 5.11 Å². The molecule has 0 aromatic rings. The molecule has 0 radical (unpaired) electrons.